The van der Waals surface area contributed by atoms with E-state index in [0.29, 0.717) is 6.42 Å². The van der Waals surface area contributed by atoms with Crippen LogP contribution in [0.2, 0.25) is 0 Å². The predicted octanol–water partition coefficient (Wildman–Crippen LogP) is 3.19. The van der Waals surface area contributed by atoms with Crippen molar-refractivity contribution in [2.75, 3.05) is 7.11 Å². The third kappa shape index (κ3) is 3.77. The molecule has 0 atom stereocenters. The van der Waals surface area contributed by atoms with Crippen LogP contribution in [0.1, 0.15) is 19.7 Å². The van der Waals surface area contributed by atoms with E-state index in [9.17, 15) is 0 Å². The second kappa shape index (κ2) is 5.89. The normalized spacial score (nSPS) is 11.4. The van der Waals surface area contributed by atoms with Crippen LogP contribution in [0.3, 0.4) is 0 Å². The lowest BCUT2D eigenvalue weighted by Gasteiger charge is -2.17. The Morgan fingerprint density at radius 2 is 2.05 bits per heavy atom. The van der Waals surface area contributed by atoms with Crippen LogP contribution in [0.15, 0.2) is 34.9 Å². The van der Waals surface area contributed by atoms with E-state index < -0.39 is 0 Å². The quantitative estimate of drug-likeness (QED) is 0.931. The van der Waals surface area contributed by atoms with Gasteiger partial charge in [-0.05, 0) is 54.0 Å². The van der Waals surface area contributed by atoms with E-state index in [4.69, 9.17) is 10.5 Å². The Hall–Kier alpha value is -1.46. The van der Waals surface area contributed by atoms with Gasteiger partial charge in [-0.25, -0.2) is 9.97 Å². The Bertz CT molecular complexity index is 608. The Morgan fingerprint density at radius 1 is 1.30 bits per heavy atom. The fourth-order valence-corrected chi connectivity index (χ4v) is 2.42. The maximum Gasteiger partial charge on any atom is 0.133 e. The number of aromatic nitrogens is 2. The number of hydrogen-bond donors (Lipinski definition) is 1. The summed E-state index contributed by atoms with van der Waals surface area (Å²) >= 11 is 3.48. The van der Waals surface area contributed by atoms with Crippen molar-refractivity contribution in [3.8, 4) is 17.0 Å². The van der Waals surface area contributed by atoms with E-state index in [-0.39, 0.29) is 5.54 Å². The molecule has 0 fully saturated rings. The highest BCUT2D eigenvalue weighted by Gasteiger charge is 2.14. The molecule has 106 valence electrons. The molecule has 0 aliphatic rings. The van der Waals surface area contributed by atoms with Crippen LogP contribution in [-0.2, 0) is 6.42 Å². The second-order valence-corrected chi connectivity index (χ2v) is 6.23. The molecule has 0 aliphatic carbocycles. The zero-order chi connectivity index (χ0) is 14.8. The van der Waals surface area contributed by atoms with Crippen molar-refractivity contribution in [3.63, 3.8) is 0 Å². The summed E-state index contributed by atoms with van der Waals surface area (Å²) in [7, 11) is 1.64. The first-order valence-electron chi connectivity index (χ1n) is 6.34. The molecule has 2 rings (SSSR count). The highest BCUT2D eigenvalue weighted by Crippen LogP contribution is 2.29. The highest BCUT2D eigenvalue weighted by molar-refractivity contribution is 9.10. The maximum atomic E-state index is 6.01. The Labute approximate surface area is 127 Å². The van der Waals surface area contributed by atoms with Crippen molar-refractivity contribution in [2.24, 2.45) is 5.73 Å². The molecule has 20 heavy (non-hydrogen) atoms. The number of hydrogen-bond acceptors (Lipinski definition) is 4. The summed E-state index contributed by atoms with van der Waals surface area (Å²) < 4.78 is 6.13. The van der Waals surface area contributed by atoms with Gasteiger partial charge in [0.2, 0.25) is 0 Å². The molecule has 4 nitrogen and oxygen atoms in total. The average molecular weight is 336 g/mol. The van der Waals surface area contributed by atoms with Gasteiger partial charge in [0.25, 0.3) is 0 Å². The monoisotopic (exact) mass is 335 g/mol. The van der Waals surface area contributed by atoms with Crippen molar-refractivity contribution < 1.29 is 4.74 Å². The summed E-state index contributed by atoms with van der Waals surface area (Å²) in [6, 6.07) is 7.76. The number of nitrogens with zero attached hydrogens (tertiary/aromatic N) is 2. The van der Waals surface area contributed by atoms with Crippen molar-refractivity contribution >= 4 is 15.9 Å². The fraction of sp³-hybridized carbons (Fsp3) is 0.333. The van der Waals surface area contributed by atoms with Gasteiger partial charge in [0, 0.05) is 23.7 Å². The summed E-state index contributed by atoms with van der Waals surface area (Å²) in [4.78, 5) is 8.85. The van der Waals surface area contributed by atoms with Crippen molar-refractivity contribution in [1.82, 2.24) is 9.97 Å². The van der Waals surface area contributed by atoms with Crippen molar-refractivity contribution in [1.29, 1.82) is 0 Å². The summed E-state index contributed by atoms with van der Waals surface area (Å²) in [5.41, 5.74) is 7.58. The topological polar surface area (TPSA) is 61.0 Å². The molecule has 2 aromatic rings. The van der Waals surface area contributed by atoms with Gasteiger partial charge in [-0.1, -0.05) is 0 Å². The Morgan fingerprint density at radius 3 is 2.65 bits per heavy atom. The first-order valence-corrected chi connectivity index (χ1v) is 7.13. The smallest absolute Gasteiger partial charge is 0.133 e. The van der Waals surface area contributed by atoms with Crippen LogP contribution in [-0.4, -0.2) is 22.6 Å². The molecule has 2 N–H and O–H groups in total. The van der Waals surface area contributed by atoms with E-state index in [0.717, 1.165) is 27.3 Å². The molecular weight excluding hydrogens is 318 g/mol. The SMILES string of the molecule is COc1ccc(-c2ccnc(CC(C)(C)N)n2)cc1Br. The van der Waals surface area contributed by atoms with Crippen LogP contribution in [0.5, 0.6) is 5.75 Å². The van der Waals surface area contributed by atoms with Gasteiger partial charge in [-0.2, -0.15) is 0 Å². The molecular formula is C15H18BrN3O. The van der Waals surface area contributed by atoms with E-state index in [1.807, 2.05) is 38.1 Å². The lowest BCUT2D eigenvalue weighted by molar-refractivity contribution is 0.412. The first kappa shape index (κ1) is 14.9. The number of halogens is 1. The molecule has 0 amide bonds. The Kier molecular flexibility index (Phi) is 4.40. The van der Waals surface area contributed by atoms with E-state index in [1.54, 1.807) is 13.3 Å². The number of nitrogens with two attached hydrogens (primary N) is 1. The van der Waals surface area contributed by atoms with E-state index in [1.165, 1.54) is 0 Å². The number of benzene rings is 1. The van der Waals surface area contributed by atoms with Crippen LogP contribution in [0.4, 0.5) is 0 Å². The van der Waals surface area contributed by atoms with E-state index in [2.05, 4.69) is 25.9 Å². The second-order valence-electron chi connectivity index (χ2n) is 5.37. The molecule has 0 bridgehead atoms. The van der Waals surface area contributed by atoms with Crippen LogP contribution >= 0.6 is 15.9 Å². The zero-order valence-electron chi connectivity index (χ0n) is 11.9. The van der Waals surface area contributed by atoms with Gasteiger partial charge in [0.05, 0.1) is 17.3 Å². The number of ether oxygens (including phenoxy) is 1. The minimum Gasteiger partial charge on any atom is -0.496 e. The molecule has 0 spiro atoms. The van der Waals surface area contributed by atoms with Gasteiger partial charge >= 0.3 is 0 Å². The molecule has 5 heteroatoms. The molecule has 1 aromatic heterocycles. The predicted molar refractivity (Wildman–Crippen MR) is 83.7 cm³/mol. The lowest BCUT2D eigenvalue weighted by atomic mass is 10.0. The third-order valence-corrected chi connectivity index (χ3v) is 3.39. The highest BCUT2D eigenvalue weighted by atomic mass is 79.9. The maximum absolute atomic E-state index is 6.01. The van der Waals surface area contributed by atoms with Gasteiger partial charge < -0.3 is 10.5 Å². The minimum atomic E-state index is -0.320. The number of rotatable bonds is 4. The third-order valence-electron chi connectivity index (χ3n) is 2.77. The average Bonchev–Trinajstić information content (AvgIpc) is 2.37. The Balaban J connectivity index is 2.33. The molecule has 0 saturated heterocycles. The lowest BCUT2D eigenvalue weighted by Crippen LogP contribution is -2.35. The molecule has 1 heterocycles. The zero-order valence-corrected chi connectivity index (χ0v) is 13.4. The van der Waals surface area contributed by atoms with Crippen LogP contribution < -0.4 is 10.5 Å². The molecule has 1 aromatic carbocycles. The molecule has 0 radical (unpaired) electrons. The van der Waals surface area contributed by atoms with Crippen LogP contribution in [0, 0.1) is 0 Å². The summed E-state index contributed by atoms with van der Waals surface area (Å²) in [5.74, 6) is 1.55. The minimum absolute atomic E-state index is 0.320. The van der Waals surface area contributed by atoms with E-state index >= 15 is 0 Å². The fourth-order valence-electron chi connectivity index (χ4n) is 1.88. The van der Waals surface area contributed by atoms with Crippen LogP contribution in [0.25, 0.3) is 11.3 Å². The summed E-state index contributed by atoms with van der Waals surface area (Å²) in [5, 5.41) is 0. The molecule has 0 saturated carbocycles. The molecule has 0 unspecified atom stereocenters. The molecule has 0 aliphatic heterocycles. The van der Waals surface area contributed by atoms with Gasteiger partial charge in [0.1, 0.15) is 11.6 Å². The number of methoxy groups -OCH3 is 1. The van der Waals surface area contributed by atoms with Gasteiger partial charge in [-0.3, -0.25) is 0 Å². The largest absolute Gasteiger partial charge is 0.496 e. The van der Waals surface area contributed by atoms with Crippen molar-refractivity contribution in [2.45, 2.75) is 25.8 Å². The first-order chi connectivity index (χ1) is 9.39. The summed E-state index contributed by atoms with van der Waals surface area (Å²) in [6.45, 7) is 3.93. The standard InChI is InChI=1S/C15H18BrN3O/c1-15(2,17)9-14-18-7-6-12(19-14)10-4-5-13(20-3)11(16)8-10/h4-8H,9,17H2,1-3H3. The van der Waals surface area contributed by atoms with Gasteiger partial charge in [0.15, 0.2) is 0 Å². The summed E-state index contributed by atoms with van der Waals surface area (Å²) in [6.07, 6.45) is 2.40. The van der Waals surface area contributed by atoms with Crippen molar-refractivity contribution in [3.05, 3.63) is 40.8 Å². The van der Waals surface area contributed by atoms with Gasteiger partial charge in [-0.15, -0.1) is 0 Å².